The highest BCUT2D eigenvalue weighted by Crippen LogP contribution is 2.28. The topological polar surface area (TPSA) is 60.3 Å². The molecule has 0 saturated heterocycles. The van der Waals surface area contributed by atoms with E-state index in [1.54, 1.807) is 6.20 Å². The third-order valence-corrected chi connectivity index (χ3v) is 3.76. The van der Waals surface area contributed by atoms with Crippen LogP contribution in [-0.4, -0.2) is 34.7 Å². The van der Waals surface area contributed by atoms with Gasteiger partial charge in [-0.15, -0.1) is 0 Å². The first-order chi connectivity index (χ1) is 12.5. The van der Waals surface area contributed by atoms with Crippen molar-refractivity contribution in [2.45, 2.75) is 34.2 Å². The molecule has 1 aromatic carbocycles. The summed E-state index contributed by atoms with van der Waals surface area (Å²) >= 11 is 5.29. The van der Waals surface area contributed by atoms with Gasteiger partial charge in [0.25, 0.3) is 0 Å². The minimum Gasteiger partial charge on any atom is -0.490 e. The standard InChI is InChI=1S/C19H28N4O2S/c1-5-24-17-8-7-15(9-18(17)25-6-2)12-23-13-16(11-21-23)22-19(26)20-10-14(3)4/h7-9,11,13-14H,5-6,10,12H2,1-4H3,(H2,20,22,26). The van der Waals surface area contributed by atoms with E-state index in [0.29, 0.717) is 30.8 Å². The lowest BCUT2D eigenvalue weighted by Gasteiger charge is -2.12. The van der Waals surface area contributed by atoms with E-state index in [2.05, 4.69) is 29.6 Å². The summed E-state index contributed by atoms with van der Waals surface area (Å²) < 4.78 is 13.1. The maximum absolute atomic E-state index is 5.68. The average Bonchev–Trinajstić information content (AvgIpc) is 3.02. The van der Waals surface area contributed by atoms with Gasteiger partial charge >= 0.3 is 0 Å². The predicted octanol–water partition coefficient (Wildman–Crippen LogP) is 3.67. The van der Waals surface area contributed by atoms with Crippen LogP contribution in [0.2, 0.25) is 0 Å². The second kappa shape index (κ2) is 10.0. The van der Waals surface area contributed by atoms with Crippen LogP contribution < -0.4 is 20.1 Å². The maximum atomic E-state index is 5.68. The summed E-state index contributed by atoms with van der Waals surface area (Å²) in [6.07, 6.45) is 3.70. The van der Waals surface area contributed by atoms with Gasteiger partial charge in [-0.3, -0.25) is 4.68 Å². The summed E-state index contributed by atoms with van der Waals surface area (Å²) in [6.45, 7) is 10.9. The molecule has 0 aliphatic rings. The van der Waals surface area contributed by atoms with Crippen molar-refractivity contribution in [1.29, 1.82) is 0 Å². The molecule has 0 atom stereocenters. The molecule has 26 heavy (non-hydrogen) atoms. The fraction of sp³-hybridized carbons (Fsp3) is 0.474. The summed E-state index contributed by atoms with van der Waals surface area (Å²) in [4.78, 5) is 0. The van der Waals surface area contributed by atoms with Crippen LogP contribution >= 0.6 is 12.2 Å². The summed E-state index contributed by atoms with van der Waals surface area (Å²) in [6, 6.07) is 5.96. The van der Waals surface area contributed by atoms with Gasteiger partial charge in [0, 0.05) is 12.7 Å². The number of anilines is 1. The Bertz CT molecular complexity index is 715. The Balaban J connectivity index is 1.99. The molecule has 0 fully saturated rings. The molecule has 0 radical (unpaired) electrons. The molecule has 0 unspecified atom stereocenters. The highest BCUT2D eigenvalue weighted by atomic mass is 32.1. The lowest BCUT2D eigenvalue weighted by Crippen LogP contribution is -2.31. The Morgan fingerprint density at radius 1 is 1.19 bits per heavy atom. The van der Waals surface area contributed by atoms with E-state index >= 15 is 0 Å². The first-order valence-corrected chi connectivity index (χ1v) is 9.38. The van der Waals surface area contributed by atoms with E-state index in [1.165, 1.54) is 0 Å². The van der Waals surface area contributed by atoms with E-state index in [9.17, 15) is 0 Å². The first-order valence-electron chi connectivity index (χ1n) is 8.97. The number of aromatic nitrogens is 2. The van der Waals surface area contributed by atoms with Crippen LogP contribution in [-0.2, 0) is 6.54 Å². The van der Waals surface area contributed by atoms with Crippen LogP contribution in [0, 0.1) is 5.92 Å². The second-order valence-electron chi connectivity index (χ2n) is 6.30. The monoisotopic (exact) mass is 376 g/mol. The number of benzene rings is 1. The van der Waals surface area contributed by atoms with E-state index < -0.39 is 0 Å². The Hall–Kier alpha value is -2.28. The molecule has 7 heteroatoms. The summed E-state index contributed by atoms with van der Waals surface area (Å²) in [7, 11) is 0. The van der Waals surface area contributed by atoms with E-state index in [-0.39, 0.29) is 0 Å². The number of thiocarbonyl (C=S) groups is 1. The molecule has 2 aromatic rings. The highest BCUT2D eigenvalue weighted by molar-refractivity contribution is 7.80. The van der Waals surface area contributed by atoms with Gasteiger partial charge in [0.05, 0.1) is 31.6 Å². The normalized spacial score (nSPS) is 10.7. The summed E-state index contributed by atoms with van der Waals surface area (Å²) in [5.41, 5.74) is 1.95. The van der Waals surface area contributed by atoms with Crippen LogP contribution in [0.4, 0.5) is 5.69 Å². The Labute approximate surface area is 160 Å². The van der Waals surface area contributed by atoms with Crippen molar-refractivity contribution in [2.75, 3.05) is 25.1 Å². The van der Waals surface area contributed by atoms with Gasteiger partial charge in [-0.1, -0.05) is 19.9 Å². The van der Waals surface area contributed by atoms with Gasteiger partial charge in [0.2, 0.25) is 0 Å². The molecule has 0 aliphatic carbocycles. The summed E-state index contributed by atoms with van der Waals surface area (Å²) in [5, 5.41) is 11.3. The number of hydrogen-bond acceptors (Lipinski definition) is 4. The number of ether oxygens (including phenoxy) is 2. The van der Waals surface area contributed by atoms with Gasteiger partial charge in [-0.2, -0.15) is 5.10 Å². The highest BCUT2D eigenvalue weighted by Gasteiger charge is 2.08. The van der Waals surface area contributed by atoms with Crippen LogP contribution in [0.15, 0.2) is 30.6 Å². The fourth-order valence-electron chi connectivity index (χ4n) is 2.37. The molecule has 0 aliphatic heterocycles. The molecule has 2 rings (SSSR count). The molecule has 0 saturated carbocycles. The fourth-order valence-corrected chi connectivity index (χ4v) is 2.57. The number of rotatable bonds is 9. The predicted molar refractivity (Wildman–Crippen MR) is 109 cm³/mol. The Morgan fingerprint density at radius 3 is 2.62 bits per heavy atom. The third kappa shape index (κ3) is 6.22. The molecule has 0 spiro atoms. The van der Waals surface area contributed by atoms with Crippen molar-refractivity contribution in [2.24, 2.45) is 5.92 Å². The van der Waals surface area contributed by atoms with Crippen LogP contribution in [0.1, 0.15) is 33.3 Å². The van der Waals surface area contributed by atoms with Crippen molar-refractivity contribution in [1.82, 2.24) is 15.1 Å². The smallest absolute Gasteiger partial charge is 0.170 e. The molecule has 2 N–H and O–H groups in total. The minimum atomic E-state index is 0.539. The molecule has 1 heterocycles. The Kier molecular flexibility index (Phi) is 7.72. The van der Waals surface area contributed by atoms with Gasteiger partial charge in [0.15, 0.2) is 16.6 Å². The van der Waals surface area contributed by atoms with Crippen molar-refractivity contribution in [3.63, 3.8) is 0 Å². The molecule has 0 amide bonds. The van der Waals surface area contributed by atoms with Crippen LogP contribution in [0.25, 0.3) is 0 Å². The second-order valence-corrected chi connectivity index (χ2v) is 6.71. The molecule has 0 bridgehead atoms. The lowest BCUT2D eigenvalue weighted by atomic mass is 10.2. The molecule has 1 aromatic heterocycles. The van der Waals surface area contributed by atoms with Crippen LogP contribution in [0.5, 0.6) is 11.5 Å². The molecular formula is C19H28N4O2S. The van der Waals surface area contributed by atoms with Crippen molar-refractivity contribution >= 4 is 23.0 Å². The lowest BCUT2D eigenvalue weighted by molar-refractivity contribution is 0.287. The molecule has 142 valence electrons. The van der Waals surface area contributed by atoms with Gasteiger partial charge in [-0.25, -0.2) is 0 Å². The summed E-state index contributed by atoms with van der Waals surface area (Å²) in [5.74, 6) is 2.07. The quantitative estimate of drug-likeness (QED) is 0.651. The third-order valence-electron chi connectivity index (χ3n) is 3.51. The van der Waals surface area contributed by atoms with Crippen molar-refractivity contribution in [3.05, 3.63) is 36.2 Å². The maximum Gasteiger partial charge on any atom is 0.170 e. The first kappa shape index (κ1) is 20.0. The zero-order chi connectivity index (χ0) is 18.9. The van der Waals surface area contributed by atoms with Gasteiger partial charge in [0.1, 0.15) is 0 Å². The zero-order valence-electron chi connectivity index (χ0n) is 15.9. The minimum absolute atomic E-state index is 0.539. The molecule has 6 nitrogen and oxygen atoms in total. The number of hydrogen-bond donors (Lipinski definition) is 2. The van der Waals surface area contributed by atoms with E-state index in [1.807, 2.05) is 42.9 Å². The number of nitrogens with zero attached hydrogens (tertiary/aromatic N) is 2. The van der Waals surface area contributed by atoms with Gasteiger partial charge in [-0.05, 0) is 49.7 Å². The van der Waals surface area contributed by atoms with Crippen molar-refractivity contribution in [3.8, 4) is 11.5 Å². The van der Waals surface area contributed by atoms with Crippen molar-refractivity contribution < 1.29 is 9.47 Å². The van der Waals surface area contributed by atoms with E-state index in [0.717, 1.165) is 29.3 Å². The average molecular weight is 377 g/mol. The number of nitrogens with one attached hydrogen (secondary N) is 2. The zero-order valence-corrected chi connectivity index (χ0v) is 16.7. The largest absolute Gasteiger partial charge is 0.490 e. The van der Waals surface area contributed by atoms with Gasteiger partial charge < -0.3 is 20.1 Å². The SMILES string of the molecule is CCOc1ccc(Cn2cc(NC(=S)NCC(C)C)cn2)cc1OCC. The van der Waals surface area contributed by atoms with E-state index in [4.69, 9.17) is 21.7 Å². The molecular weight excluding hydrogens is 348 g/mol. The Morgan fingerprint density at radius 2 is 1.92 bits per heavy atom. The van der Waals surface area contributed by atoms with Crippen LogP contribution in [0.3, 0.4) is 0 Å².